The predicted molar refractivity (Wildman–Crippen MR) is 67.8 cm³/mol. The van der Waals surface area contributed by atoms with Gasteiger partial charge in [0.05, 0.1) is 24.6 Å². The zero-order chi connectivity index (χ0) is 13.0. The molecule has 1 N–H and O–H groups in total. The summed E-state index contributed by atoms with van der Waals surface area (Å²) in [7, 11) is 0. The lowest BCUT2D eigenvalue weighted by molar-refractivity contribution is 0.0756. The summed E-state index contributed by atoms with van der Waals surface area (Å²) >= 11 is 6.01. The first-order valence-corrected chi connectivity index (χ1v) is 6.75. The van der Waals surface area contributed by atoms with E-state index in [4.69, 9.17) is 16.3 Å². The van der Waals surface area contributed by atoms with Crippen molar-refractivity contribution in [3.05, 3.63) is 17.8 Å². The molecule has 2 aliphatic heterocycles. The third-order valence-corrected chi connectivity index (χ3v) is 4.50. The second kappa shape index (κ2) is 4.13. The van der Waals surface area contributed by atoms with Crippen LogP contribution in [0, 0.1) is 5.92 Å². The van der Waals surface area contributed by atoms with Crippen molar-refractivity contribution >= 4 is 22.8 Å². The summed E-state index contributed by atoms with van der Waals surface area (Å²) in [6, 6.07) is 0.226. The molecule has 0 amide bonds. The van der Waals surface area contributed by atoms with E-state index >= 15 is 0 Å². The van der Waals surface area contributed by atoms with Crippen molar-refractivity contribution in [1.82, 2.24) is 19.5 Å². The Labute approximate surface area is 114 Å². The first-order valence-electron chi connectivity index (χ1n) is 6.37. The van der Waals surface area contributed by atoms with Gasteiger partial charge in [0.1, 0.15) is 11.8 Å². The first-order chi connectivity index (χ1) is 9.28. The molecule has 19 heavy (non-hydrogen) atoms. The van der Waals surface area contributed by atoms with Gasteiger partial charge in [0.15, 0.2) is 10.8 Å². The maximum Gasteiger partial charge on any atom is 0.165 e. The highest BCUT2D eigenvalue weighted by molar-refractivity contribution is 6.33. The molecule has 0 spiro atoms. The van der Waals surface area contributed by atoms with E-state index in [0.29, 0.717) is 10.7 Å². The minimum absolute atomic E-state index is 0.133. The van der Waals surface area contributed by atoms with Gasteiger partial charge >= 0.3 is 0 Å². The van der Waals surface area contributed by atoms with Gasteiger partial charge in [-0.1, -0.05) is 11.6 Å². The number of ether oxygens (including phenoxy) is 1. The third kappa shape index (κ3) is 1.60. The van der Waals surface area contributed by atoms with Crippen LogP contribution < -0.4 is 0 Å². The molecule has 6 nitrogen and oxygen atoms in total. The van der Waals surface area contributed by atoms with Gasteiger partial charge in [-0.25, -0.2) is 15.0 Å². The first kappa shape index (κ1) is 11.6. The number of nitrogens with zero attached hydrogens (tertiary/aromatic N) is 4. The summed E-state index contributed by atoms with van der Waals surface area (Å²) in [6.07, 6.45) is 5.28. The summed E-state index contributed by atoms with van der Waals surface area (Å²) in [5.74, 6) is 0.272. The van der Waals surface area contributed by atoms with Gasteiger partial charge < -0.3 is 14.4 Å². The quantitative estimate of drug-likeness (QED) is 0.837. The molecule has 4 atom stereocenters. The summed E-state index contributed by atoms with van der Waals surface area (Å²) in [5, 5.41) is 9.65. The lowest BCUT2D eigenvalue weighted by Gasteiger charge is -2.24. The lowest BCUT2D eigenvalue weighted by atomic mass is 9.86. The second-order valence-electron chi connectivity index (χ2n) is 5.18. The number of hydrogen-bond acceptors (Lipinski definition) is 5. The Hall–Kier alpha value is -1.24. The van der Waals surface area contributed by atoms with Crippen molar-refractivity contribution in [2.45, 2.75) is 31.1 Å². The molecule has 0 aliphatic carbocycles. The average Bonchev–Trinajstić information content (AvgIpc) is 3.11. The standard InChI is InChI=1S/C12H13ClN4O2/c13-11-10-12(15-4-14-11)17(5-16-10)7-2-8-6(3-18)1-9(7)19-8/h4-9,18H,1-3H2/t6-,7+,8-,9-/m1/s1. The number of aromatic nitrogens is 4. The minimum atomic E-state index is 0.133. The Balaban J connectivity index is 1.72. The molecule has 0 saturated carbocycles. The second-order valence-corrected chi connectivity index (χ2v) is 5.54. The normalized spacial score (nSPS) is 33.4. The van der Waals surface area contributed by atoms with E-state index in [1.807, 2.05) is 4.57 Å². The van der Waals surface area contributed by atoms with E-state index in [0.717, 1.165) is 18.5 Å². The fourth-order valence-electron chi connectivity index (χ4n) is 3.28. The van der Waals surface area contributed by atoms with Gasteiger partial charge in [-0.15, -0.1) is 0 Å². The van der Waals surface area contributed by atoms with Crippen molar-refractivity contribution in [3.8, 4) is 0 Å². The Kier molecular flexibility index (Phi) is 2.51. The van der Waals surface area contributed by atoms with E-state index in [-0.39, 0.29) is 30.8 Å². The monoisotopic (exact) mass is 280 g/mol. The summed E-state index contributed by atoms with van der Waals surface area (Å²) < 4.78 is 7.94. The van der Waals surface area contributed by atoms with Crippen molar-refractivity contribution in [1.29, 1.82) is 0 Å². The number of halogens is 1. The van der Waals surface area contributed by atoms with Gasteiger partial charge in [-0.3, -0.25) is 0 Å². The maximum absolute atomic E-state index is 9.28. The van der Waals surface area contributed by atoms with Crippen molar-refractivity contribution in [2.24, 2.45) is 5.92 Å². The lowest BCUT2D eigenvalue weighted by Crippen LogP contribution is -2.27. The van der Waals surface area contributed by atoms with Crippen LogP contribution in [0.25, 0.3) is 11.2 Å². The number of hydrogen-bond donors (Lipinski definition) is 1. The Morgan fingerprint density at radius 3 is 2.95 bits per heavy atom. The third-order valence-electron chi connectivity index (χ3n) is 4.22. The Bertz CT molecular complexity index is 631. The number of rotatable bonds is 2. The number of imidazole rings is 1. The number of fused-ring (bicyclic) bond motifs is 3. The maximum atomic E-state index is 9.28. The van der Waals surface area contributed by atoms with Crippen LogP contribution in [0.4, 0.5) is 0 Å². The molecule has 4 rings (SSSR count). The molecule has 0 aromatic carbocycles. The molecule has 2 aromatic rings. The minimum Gasteiger partial charge on any atom is -0.396 e. The molecule has 2 bridgehead atoms. The van der Waals surface area contributed by atoms with Crippen LogP contribution in [0.2, 0.25) is 5.15 Å². The molecule has 2 aromatic heterocycles. The van der Waals surface area contributed by atoms with Gasteiger partial charge in [0.2, 0.25) is 0 Å². The highest BCUT2D eigenvalue weighted by atomic mass is 35.5. The Morgan fingerprint density at radius 1 is 1.32 bits per heavy atom. The Morgan fingerprint density at radius 2 is 2.21 bits per heavy atom. The van der Waals surface area contributed by atoms with Crippen molar-refractivity contribution < 1.29 is 9.84 Å². The molecule has 2 aliphatic rings. The van der Waals surface area contributed by atoms with Crippen LogP contribution >= 0.6 is 11.6 Å². The van der Waals surface area contributed by atoms with Crippen LogP contribution in [0.5, 0.6) is 0 Å². The van der Waals surface area contributed by atoms with Crippen LogP contribution in [0.3, 0.4) is 0 Å². The molecular weight excluding hydrogens is 268 g/mol. The average molecular weight is 281 g/mol. The van der Waals surface area contributed by atoms with Crippen molar-refractivity contribution in [3.63, 3.8) is 0 Å². The molecule has 0 unspecified atom stereocenters. The van der Waals surface area contributed by atoms with Crippen LogP contribution in [0.1, 0.15) is 18.9 Å². The van der Waals surface area contributed by atoms with Crippen LogP contribution in [-0.4, -0.2) is 43.4 Å². The molecule has 2 fully saturated rings. The van der Waals surface area contributed by atoms with E-state index in [9.17, 15) is 5.11 Å². The summed E-state index contributed by atoms with van der Waals surface area (Å²) in [4.78, 5) is 12.5. The zero-order valence-electron chi connectivity index (χ0n) is 10.1. The van der Waals surface area contributed by atoms with E-state index in [1.165, 1.54) is 6.33 Å². The van der Waals surface area contributed by atoms with Crippen LogP contribution in [0.15, 0.2) is 12.7 Å². The SMILES string of the molecule is OC[C@H]1C[C@H]2O[C@@H]1C[C@@H]2n1cnc2c(Cl)ncnc21. The van der Waals surface area contributed by atoms with Gasteiger partial charge in [-0.05, 0) is 12.8 Å². The van der Waals surface area contributed by atoms with Crippen molar-refractivity contribution in [2.75, 3.05) is 6.61 Å². The molecule has 100 valence electrons. The topological polar surface area (TPSA) is 73.1 Å². The number of aliphatic hydroxyl groups excluding tert-OH is 1. The highest BCUT2D eigenvalue weighted by Crippen LogP contribution is 2.45. The fraction of sp³-hybridized carbons (Fsp3) is 0.583. The van der Waals surface area contributed by atoms with Gasteiger partial charge in [0.25, 0.3) is 0 Å². The molecule has 2 saturated heterocycles. The number of aliphatic hydroxyl groups is 1. The molecule has 0 radical (unpaired) electrons. The van der Waals surface area contributed by atoms with Crippen LogP contribution in [-0.2, 0) is 4.74 Å². The molecule has 4 heterocycles. The highest BCUT2D eigenvalue weighted by Gasteiger charge is 2.47. The summed E-state index contributed by atoms with van der Waals surface area (Å²) in [6.45, 7) is 0.201. The molecular formula is C12H13ClN4O2. The summed E-state index contributed by atoms with van der Waals surface area (Å²) in [5.41, 5.74) is 1.38. The van der Waals surface area contributed by atoms with E-state index < -0.39 is 0 Å². The van der Waals surface area contributed by atoms with Gasteiger partial charge in [-0.2, -0.15) is 0 Å². The van der Waals surface area contributed by atoms with E-state index in [1.54, 1.807) is 6.33 Å². The zero-order valence-corrected chi connectivity index (χ0v) is 10.9. The smallest absolute Gasteiger partial charge is 0.165 e. The predicted octanol–water partition coefficient (Wildman–Crippen LogP) is 1.19. The van der Waals surface area contributed by atoms with E-state index in [2.05, 4.69) is 15.0 Å². The van der Waals surface area contributed by atoms with Gasteiger partial charge in [0, 0.05) is 12.5 Å². The fourth-order valence-corrected chi connectivity index (χ4v) is 3.45. The molecule has 7 heteroatoms. The largest absolute Gasteiger partial charge is 0.396 e.